The van der Waals surface area contributed by atoms with Gasteiger partial charge in [-0.2, -0.15) is 0 Å². The summed E-state index contributed by atoms with van der Waals surface area (Å²) in [5, 5.41) is 0. The Labute approximate surface area is 196 Å². The predicted molar refractivity (Wildman–Crippen MR) is 130 cm³/mol. The highest BCUT2D eigenvalue weighted by Gasteiger charge is 2.25. The average Bonchev–Trinajstić information content (AvgIpc) is 3.33. The first kappa shape index (κ1) is 23.2. The normalized spacial score (nSPS) is 18.1. The summed E-state index contributed by atoms with van der Waals surface area (Å²) in [6.07, 6.45) is 3.13. The molecule has 8 heteroatoms. The molecule has 3 heterocycles. The summed E-state index contributed by atoms with van der Waals surface area (Å²) in [6.45, 7) is 8.68. The molecule has 1 fully saturated rings. The molecule has 2 aliphatic heterocycles. The maximum atomic E-state index is 13.7. The summed E-state index contributed by atoms with van der Waals surface area (Å²) in [6, 6.07) is 9.68. The number of nitrogens with zero attached hydrogens (tertiary/aromatic N) is 6. The number of aromatic nitrogens is 2. The van der Waals surface area contributed by atoms with E-state index in [1.54, 1.807) is 13.0 Å². The first-order valence-electron chi connectivity index (χ1n) is 11.9. The van der Waals surface area contributed by atoms with Gasteiger partial charge in [-0.1, -0.05) is 18.2 Å². The fourth-order valence-electron chi connectivity index (χ4n) is 4.60. The number of carbonyl (C=O) groups excluding carboxylic acids is 2. The lowest BCUT2D eigenvalue weighted by atomic mass is 10.1. The number of fused-ring (bicyclic) bond motifs is 1. The van der Waals surface area contributed by atoms with Gasteiger partial charge in [0.25, 0.3) is 5.91 Å². The van der Waals surface area contributed by atoms with E-state index in [-0.39, 0.29) is 11.8 Å². The Morgan fingerprint density at radius 2 is 1.67 bits per heavy atom. The Morgan fingerprint density at radius 3 is 2.42 bits per heavy atom. The molecule has 33 heavy (non-hydrogen) atoms. The van der Waals surface area contributed by atoms with Crippen molar-refractivity contribution in [1.82, 2.24) is 19.8 Å². The second-order valence-corrected chi connectivity index (χ2v) is 9.07. The molecule has 2 aromatic rings. The van der Waals surface area contributed by atoms with Crippen molar-refractivity contribution < 1.29 is 9.59 Å². The number of para-hydroxylation sites is 1. The standard InChI is InChI=1S/C25H34N6O2/c1-19-17-22(27-25(26-19)29-12-6-7-13-29)24(33)30-16-15-28(3)11-8-14-31(20(2)32)23-10-5-4-9-21(23)18-30/h4-5,9-10,17H,6-8,11-16,18H2,1-3H3. The van der Waals surface area contributed by atoms with Gasteiger partial charge in [0.1, 0.15) is 5.69 Å². The minimum atomic E-state index is -0.0993. The second-order valence-electron chi connectivity index (χ2n) is 9.07. The quantitative estimate of drug-likeness (QED) is 0.701. The number of carbonyl (C=O) groups is 2. The molecule has 0 N–H and O–H groups in total. The van der Waals surface area contributed by atoms with E-state index in [9.17, 15) is 9.59 Å². The Hall–Kier alpha value is -3.00. The van der Waals surface area contributed by atoms with E-state index in [2.05, 4.69) is 26.8 Å². The molecule has 1 aromatic heterocycles. The van der Waals surface area contributed by atoms with Crippen molar-refractivity contribution in [3.63, 3.8) is 0 Å². The molecule has 0 saturated carbocycles. The third kappa shape index (κ3) is 5.50. The minimum absolute atomic E-state index is 0.0175. The number of hydrogen-bond acceptors (Lipinski definition) is 6. The second kappa shape index (κ2) is 10.3. The molecule has 2 aliphatic rings. The van der Waals surface area contributed by atoms with Gasteiger partial charge in [0.2, 0.25) is 11.9 Å². The van der Waals surface area contributed by atoms with Crippen LogP contribution in [0.1, 0.15) is 47.9 Å². The lowest BCUT2D eigenvalue weighted by Gasteiger charge is -2.27. The van der Waals surface area contributed by atoms with E-state index in [4.69, 9.17) is 0 Å². The SMILES string of the molecule is CC(=O)N1CCCN(C)CCN(C(=O)c2cc(C)nc(N3CCCC3)n2)Cc2ccccc21. The molecule has 0 unspecified atom stereocenters. The molecular formula is C25H34N6O2. The fourth-order valence-corrected chi connectivity index (χ4v) is 4.60. The van der Waals surface area contributed by atoms with E-state index in [0.29, 0.717) is 31.3 Å². The van der Waals surface area contributed by atoms with Crippen LogP contribution in [0.5, 0.6) is 0 Å². The van der Waals surface area contributed by atoms with Crippen molar-refractivity contribution in [2.75, 3.05) is 56.1 Å². The summed E-state index contributed by atoms with van der Waals surface area (Å²) >= 11 is 0. The Morgan fingerprint density at radius 1 is 0.909 bits per heavy atom. The number of likely N-dealkylation sites (N-methyl/N-ethyl adjacent to an activating group) is 1. The van der Waals surface area contributed by atoms with Crippen LogP contribution in [0.3, 0.4) is 0 Å². The molecule has 4 rings (SSSR count). The number of rotatable bonds is 2. The number of benzene rings is 1. The minimum Gasteiger partial charge on any atom is -0.341 e. The van der Waals surface area contributed by atoms with Gasteiger partial charge in [0.05, 0.1) is 0 Å². The van der Waals surface area contributed by atoms with Crippen molar-refractivity contribution in [1.29, 1.82) is 0 Å². The van der Waals surface area contributed by atoms with Gasteiger partial charge in [-0.25, -0.2) is 9.97 Å². The molecule has 0 bridgehead atoms. The summed E-state index contributed by atoms with van der Waals surface area (Å²) < 4.78 is 0. The van der Waals surface area contributed by atoms with Gasteiger partial charge < -0.3 is 19.6 Å². The highest BCUT2D eigenvalue weighted by Crippen LogP contribution is 2.24. The predicted octanol–water partition coefficient (Wildman–Crippen LogP) is 2.72. The van der Waals surface area contributed by atoms with Gasteiger partial charge in [0.15, 0.2) is 0 Å². The maximum absolute atomic E-state index is 13.7. The molecule has 0 atom stereocenters. The Bertz CT molecular complexity index is 1000. The van der Waals surface area contributed by atoms with Crippen LogP contribution in [0, 0.1) is 6.92 Å². The van der Waals surface area contributed by atoms with Crippen LogP contribution < -0.4 is 9.80 Å². The van der Waals surface area contributed by atoms with E-state index in [1.165, 1.54) is 0 Å². The molecular weight excluding hydrogens is 416 g/mol. The van der Waals surface area contributed by atoms with Crippen LogP contribution in [0.25, 0.3) is 0 Å². The van der Waals surface area contributed by atoms with E-state index in [0.717, 1.165) is 62.4 Å². The number of aryl methyl sites for hydroxylation is 1. The number of hydrogen-bond donors (Lipinski definition) is 0. The third-order valence-electron chi connectivity index (χ3n) is 6.43. The van der Waals surface area contributed by atoms with Crippen molar-refractivity contribution in [3.8, 4) is 0 Å². The maximum Gasteiger partial charge on any atom is 0.273 e. The van der Waals surface area contributed by atoms with E-state index < -0.39 is 0 Å². The molecule has 1 aromatic carbocycles. The molecule has 2 amide bonds. The highest BCUT2D eigenvalue weighted by molar-refractivity contribution is 5.94. The van der Waals surface area contributed by atoms with Gasteiger partial charge in [-0.05, 0) is 57.5 Å². The number of amides is 2. The first-order valence-corrected chi connectivity index (χ1v) is 11.9. The number of anilines is 2. The van der Waals surface area contributed by atoms with E-state index >= 15 is 0 Å². The van der Waals surface area contributed by atoms with Crippen molar-refractivity contribution >= 4 is 23.5 Å². The fraction of sp³-hybridized carbons (Fsp3) is 0.520. The zero-order chi connectivity index (χ0) is 23.4. The topological polar surface area (TPSA) is 72.9 Å². The van der Waals surface area contributed by atoms with E-state index in [1.807, 2.05) is 41.0 Å². The molecule has 8 nitrogen and oxygen atoms in total. The molecule has 176 valence electrons. The monoisotopic (exact) mass is 450 g/mol. The van der Waals surface area contributed by atoms with Gasteiger partial charge in [-0.3, -0.25) is 9.59 Å². The molecule has 0 spiro atoms. The first-order chi connectivity index (χ1) is 15.9. The molecule has 0 radical (unpaired) electrons. The van der Waals surface area contributed by atoms with Crippen LogP contribution in [0.15, 0.2) is 30.3 Å². The van der Waals surface area contributed by atoms with Crippen molar-refractivity contribution in [2.45, 2.75) is 39.7 Å². The zero-order valence-electron chi connectivity index (χ0n) is 20.0. The van der Waals surface area contributed by atoms with Gasteiger partial charge in [0, 0.05) is 57.6 Å². The van der Waals surface area contributed by atoms with Crippen LogP contribution in [0.2, 0.25) is 0 Å². The largest absolute Gasteiger partial charge is 0.341 e. The Kier molecular flexibility index (Phi) is 7.23. The summed E-state index contributed by atoms with van der Waals surface area (Å²) in [4.78, 5) is 43.5. The van der Waals surface area contributed by atoms with Crippen molar-refractivity contribution in [2.24, 2.45) is 0 Å². The van der Waals surface area contributed by atoms with Crippen LogP contribution in [-0.4, -0.2) is 77.9 Å². The molecule has 1 saturated heterocycles. The van der Waals surface area contributed by atoms with Gasteiger partial charge in [-0.15, -0.1) is 0 Å². The summed E-state index contributed by atoms with van der Waals surface area (Å²) in [5.74, 6) is 0.565. The third-order valence-corrected chi connectivity index (χ3v) is 6.43. The summed E-state index contributed by atoms with van der Waals surface area (Å²) in [5.41, 5.74) is 3.08. The average molecular weight is 451 g/mol. The van der Waals surface area contributed by atoms with Crippen LogP contribution in [-0.2, 0) is 11.3 Å². The lowest BCUT2D eigenvalue weighted by molar-refractivity contribution is -0.116. The van der Waals surface area contributed by atoms with Gasteiger partial charge >= 0.3 is 0 Å². The van der Waals surface area contributed by atoms with Crippen molar-refractivity contribution in [3.05, 3.63) is 47.3 Å². The Balaban J connectivity index is 1.67. The smallest absolute Gasteiger partial charge is 0.273 e. The summed E-state index contributed by atoms with van der Waals surface area (Å²) in [7, 11) is 2.06. The molecule has 0 aliphatic carbocycles. The zero-order valence-corrected chi connectivity index (χ0v) is 20.0. The van der Waals surface area contributed by atoms with Crippen LogP contribution in [0.4, 0.5) is 11.6 Å². The lowest BCUT2D eigenvalue weighted by Crippen LogP contribution is -2.38. The van der Waals surface area contributed by atoms with Crippen LogP contribution >= 0.6 is 0 Å². The highest BCUT2D eigenvalue weighted by atomic mass is 16.2.